The van der Waals surface area contributed by atoms with Crippen LogP contribution in [-0.4, -0.2) is 52.3 Å². The fourth-order valence-electron chi connectivity index (χ4n) is 4.93. The van der Waals surface area contributed by atoms with Crippen LogP contribution in [0.25, 0.3) is 0 Å². The van der Waals surface area contributed by atoms with Gasteiger partial charge in [-0.25, -0.2) is 4.79 Å². The summed E-state index contributed by atoms with van der Waals surface area (Å²) in [5.41, 5.74) is 0.882. The number of unbranched alkanes of at least 4 members (excludes halogenated alkanes) is 10. The van der Waals surface area contributed by atoms with Crippen LogP contribution in [0.1, 0.15) is 177 Å². The normalized spacial score (nSPS) is 10.6. The van der Waals surface area contributed by atoms with Crippen LogP contribution >= 0.6 is 0 Å². The van der Waals surface area contributed by atoms with Gasteiger partial charge in [0.15, 0.2) is 0 Å². The first kappa shape index (κ1) is 45.8. The molecule has 0 aliphatic carbocycles. The second kappa shape index (κ2) is 40.4. The average molecular weight is 597 g/mol. The van der Waals surface area contributed by atoms with Crippen molar-refractivity contribution >= 4 is 13.1 Å². The van der Waals surface area contributed by atoms with Gasteiger partial charge in [-0.3, -0.25) is 0 Å². The van der Waals surface area contributed by atoms with E-state index in [9.17, 15) is 14.8 Å². The summed E-state index contributed by atoms with van der Waals surface area (Å²) >= 11 is 0. The predicted molar refractivity (Wildman–Crippen MR) is 183 cm³/mol. The fraction of sp³-hybridized carbons (Fsp3) is 0.944. The summed E-state index contributed by atoms with van der Waals surface area (Å²) in [7, 11) is -1.67. The van der Waals surface area contributed by atoms with Gasteiger partial charge in [0.1, 0.15) is 5.94 Å². The second-order valence-electron chi connectivity index (χ2n) is 12.3. The van der Waals surface area contributed by atoms with Crippen LogP contribution in [0, 0.1) is 0 Å². The first-order chi connectivity index (χ1) is 20.4. The van der Waals surface area contributed by atoms with Gasteiger partial charge in [-0.15, -0.1) is 13.4 Å². The molecular weight excluding hydrogens is 519 g/mol. The van der Waals surface area contributed by atoms with Gasteiger partial charge in [-0.1, -0.05) is 113 Å². The van der Waals surface area contributed by atoms with Crippen molar-refractivity contribution in [3.8, 4) is 0 Å². The Morgan fingerprint density at radius 2 is 0.786 bits per heavy atom. The smallest absolute Gasteiger partial charge is 0.123 e. The molecule has 0 rings (SSSR count). The molecule has 0 aromatic rings. The average Bonchev–Trinajstić information content (AvgIpc) is 3.00. The summed E-state index contributed by atoms with van der Waals surface area (Å²) in [6.07, 6.45) is 24.2. The highest BCUT2D eigenvalue weighted by Gasteiger charge is 2.06. The van der Waals surface area contributed by atoms with E-state index < -0.39 is 7.12 Å². The molecule has 0 aromatic carbocycles. The molecule has 0 amide bonds. The first-order valence-corrected chi connectivity index (χ1v) is 18.6. The SMILES string of the molecule is CCCCC(=C=O)CCCCCCB([O-])[O-].CCCC[NH+](CCCC)CCCC.CCCC[NH+](CCCC)CCCC. The lowest BCUT2D eigenvalue weighted by molar-refractivity contribution is -0.900. The zero-order chi connectivity index (χ0) is 32.1. The van der Waals surface area contributed by atoms with E-state index in [1.807, 2.05) is 15.7 Å². The van der Waals surface area contributed by atoms with Crippen molar-refractivity contribution in [2.24, 2.45) is 0 Å². The van der Waals surface area contributed by atoms with Gasteiger partial charge in [0.05, 0.1) is 39.3 Å². The molecule has 2 N–H and O–H groups in total. The predicted octanol–water partition coefficient (Wildman–Crippen LogP) is 5.64. The Labute approximate surface area is 265 Å². The van der Waals surface area contributed by atoms with Gasteiger partial charge in [0.25, 0.3) is 0 Å². The largest absolute Gasteiger partial charge is 0.893 e. The molecule has 0 bridgehead atoms. The molecule has 5 nitrogen and oxygen atoms in total. The minimum atomic E-state index is -1.67. The molecule has 0 saturated carbocycles. The minimum Gasteiger partial charge on any atom is -0.893 e. The number of allylic oxidation sites excluding steroid dienone is 1. The van der Waals surface area contributed by atoms with E-state index in [0.29, 0.717) is 6.42 Å². The number of carbonyl (C=O) groups excluding carboxylic acids is 1. The number of hydrogen-bond acceptors (Lipinski definition) is 3. The molecule has 0 heterocycles. The van der Waals surface area contributed by atoms with Gasteiger partial charge in [-0.2, -0.15) is 0 Å². The van der Waals surface area contributed by atoms with Crippen LogP contribution in [0.3, 0.4) is 0 Å². The van der Waals surface area contributed by atoms with Crippen molar-refractivity contribution in [1.82, 2.24) is 0 Å². The second-order valence-corrected chi connectivity index (χ2v) is 12.3. The van der Waals surface area contributed by atoms with Crippen LogP contribution in [0.15, 0.2) is 5.57 Å². The van der Waals surface area contributed by atoms with E-state index in [0.717, 1.165) is 50.5 Å². The van der Waals surface area contributed by atoms with Crippen LogP contribution in [0.2, 0.25) is 6.32 Å². The molecule has 0 unspecified atom stereocenters. The van der Waals surface area contributed by atoms with E-state index >= 15 is 0 Å². The van der Waals surface area contributed by atoms with Crippen LogP contribution in [0.5, 0.6) is 0 Å². The molecule has 0 spiro atoms. The minimum absolute atomic E-state index is 0.228. The van der Waals surface area contributed by atoms with Crippen LogP contribution in [0.4, 0.5) is 0 Å². The van der Waals surface area contributed by atoms with Crippen molar-refractivity contribution in [2.75, 3.05) is 39.3 Å². The van der Waals surface area contributed by atoms with E-state index in [1.54, 1.807) is 0 Å². The molecule has 252 valence electrons. The Morgan fingerprint density at radius 1 is 0.476 bits per heavy atom. The first-order valence-electron chi connectivity index (χ1n) is 18.6. The van der Waals surface area contributed by atoms with Crippen LogP contribution in [-0.2, 0) is 4.79 Å². The summed E-state index contributed by atoms with van der Waals surface area (Å²) in [5.74, 6) is 2.01. The van der Waals surface area contributed by atoms with E-state index in [1.165, 1.54) is 116 Å². The van der Waals surface area contributed by atoms with Crippen molar-refractivity contribution < 1.29 is 24.6 Å². The maximum atomic E-state index is 10.6. The van der Waals surface area contributed by atoms with E-state index in [2.05, 4.69) is 48.5 Å². The quantitative estimate of drug-likeness (QED) is 0.0698. The Balaban J connectivity index is -0.000000548. The topological polar surface area (TPSA) is 72.1 Å². The molecule has 0 aliphatic rings. The number of quaternary nitrogens is 2. The Kier molecular flexibility index (Phi) is 44.0. The van der Waals surface area contributed by atoms with E-state index in [-0.39, 0.29) is 6.32 Å². The highest BCUT2D eigenvalue weighted by atomic mass is 16.4. The van der Waals surface area contributed by atoms with Crippen molar-refractivity contribution in [3.05, 3.63) is 5.57 Å². The van der Waals surface area contributed by atoms with Crippen molar-refractivity contribution in [1.29, 1.82) is 0 Å². The van der Waals surface area contributed by atoms with Gasteiger partial charge < -0.3 is 19.8 Å². The molecule has 0 aliphatic heterocycles. The molecule has 0 aromatic heterocycles. The van der Waals surface area contributed by atoms with Gasteiger partial charge in [0.2, 0.25) is 0 Å². The standard InChI is InChI=1S/C12H21BO3.2C12H27N/c1-2-3-8-12(11-14)9-6-4-5-7-10-13(15)16;2*1-4-7-10-13(11-8-5-2)12-9-6-3/h2-10H2,1H3;2*4-12H2,1-3H3/q-2;;/p+2. The summed E-state index contributed by atoms with van der Waals surface area (Å²) in [6, 6.07) is 0. The fourth-order valence-corrected chi connectivity index (χ4v) is 4.93. The third-order valence-electron chi connectivity index (χ3n) is 7.95. The third-order valence-corrected chi connectivity index (χ3v) is 7.95. The summed E-state index contributed by atoms with van der Waals surface area (Å²) < 4.78 is 0. The van der Waals surface area contributed by atoms with E-state index in [4.69, 9.17) is 0 Å². The molecule has 42 heavy (non-hydrogen) atoms. The number of nitrogens with one attached hydrogen (secondary N) is 2. The molecular formula is C36H77BN2O3. The zero-order valence-electron chi connectivity index (χ0n) is 29.9. The number of rotatable bonds is 28. The Hall–Kier alpha value is -0.645. The summed E-state index contributed by atoms with van der Waals surface area (Å²) in [6.45, 7) is 24.2. The Morgan fingerprint density at radius 3 is 1.07 bits per heavy atom. The van der Waals surface area contributed by atoms with Gasteiger partial charge in [0, 0.05) is 5.57 Å². The Bertz CT molecular complexity index is 480. The zero-order valence-corrected chi connectivity index (χ0v) is 29.9. The molecule has 0 radical (unpaired) electrons. The highest BCUT2D eigenvalue weighted by Crippen LogP contribution is 2.14. The molecule has 0 saturated heterocycles. The summed E-state index contributed by atoms with van der Waals surface area (Å²) in [4.78, 5) is 14.3. The van der Waals surface area contributed by atoms with Crippen molar-refractivity contribution in [3.63, 3.8) is 0 Å². The molecule has 0 atom stereocenters. The monoisotopic (exact) mass is 597 g/mol. The van der Waals surface area contributed by atoms with Crippen LogP contribution < -0.4 is 19.8 Å². The lowest BCUT2D eigenvalue weighted by Crippen LogP contribution is -3.12. The maximum Gasteiger partial charge on any atom is 0.123 e. The lowest BCUT2D eigenvalue weighted by Gasteiger charge is -2.25. The van der Waals surface area contributed by atoms with Crippen molar-refractivity contribution in [2.45, 2.75) is 183 Å². The maximum absolute atomic E-state index is 10.6. The molecule has 0 fully saturated rings. The van der Waals surface area contributed by atoms with Gasteiger partial charge in [-0.05, 0) is 64.2 Å². The molecule has 6 heteroatoms. The highest BCUT2D eigenvalue weighted by molar-refractivity contribution is 6.36. The van der Waals surface area contributed by atoms with Gasteiger partial charge >= 0.3 is 0 Å². The summed E-state index contributed by atoms with van der Waals surface area (Å²) in [5, 5.41) is 20.4. The lowest BCUT2D eigenvalue weighted by atomic mass is 9.83. The third kappa shape index (κ3) is 39.4. The number of hydrogen-bond donors (Lipinski definition) is 2.